The fourth-order valence-electron chi connectivity index (χ4n) is 3.93. The zero-order valence-corrected chi connectivity index (χ0v) is 17.6. The zero-order chi connectivity index (χ0) is 21.1. The number of fused-ring (bicyclic) bond motifs is 1. The van der Waals surface area contributed by atoms with Gasteiger partial charge in [0.15, 0.2) is 0 Å². The molecule has 0 spiro atoms. The van der Waals surface area contributed by atoms with Gasteiger partial charge in [0, 0.05) is 37.0 Å². The van der Waals surface area contributed by atoms with Gasteiger partial charge >= 0.3 is 0 Å². The third-order valence-corrected chi connectivity index (χ3v) is 5.53. The second-order valence-electron chi connectivity index (χ2n) is 7.68. The Hall–Kier alpha value is -3.13. The largest absolute Gasteiger partial charge is 0.497 e. The number of hydrogen-bond acceptors (Lipinski definition) is 6. The smallest absolute Gasteiger partial charge is 0.238 e. The normalized spacial score (nSPS) is 15.3. The summed E-state index contributed by atoms with van der Waals surface area (Å²) in [6.07, 6.45) is 1.87. The molecular formula is C22H27N5O3. The SMILES string of the molecule is COc1cc(NC(=O)CN2CCC(n3nnc4cc(C)ccc43)CC2)cc(OC)c1. The van der Waals surface area contributed by atoms with Crippen molar-refractivity contribution in [3.63, 3.8) is 0 Å². The van der Waals surface area contributed by atoms with Gasteiger partial charge < -0.3 is 14.8 Å². The molecule has 2 aromatic carbocycles. The lowest BCUT2D eigenvalue weighted by molar-refractivity contribution is -0.117. The van der Waals surface area contributed by atoms with Crippen molar-refractivity contribution in [2.24, 2.45) is 0 Å². The number of hydrogen-bond donors (Lipinski definition) is 1. The van der Waals surface area contributed by atoms with Gasteiger partial charge in [-0.3, -0.25) is 9.69 Å². The van der Waals surface area contributed by atoms with Gasteiger partial charge in [0.1, 0.15) is 17.0 Å². The number of benzene rings is 2. The maximum Gasteiger partial charge on any atom is 0.238 e. The first-order chi connectivity index (χ1) is 14.6. The van der Waals surface area contributed by atoms with Crippen LogP contribution >= 0.6 is 0 Å². The lowest BCUT2D eigenvalue weighted by Gasteiger charge is -2.31. The Balaban J connectivity index is 1.34. The maximum atomic E-state index is 12.5. The number of carbonyl (C=O) groups is 1. The first-order valence-corrected chi connectivity index (χ1v) is 10.1. The minimum absolute atomic E-state index is 0.0505. The molecule has 0 aliphatic carbocycles. The number of likely N-dealkylation sites (tertiary alicyclic amines) is 1. The molecule has 4 rings (SSSR count). The van der Waals surface area contributed by atoms with Crippen LogP contribution in [0.4, 0.5) is 5.69 Å². The number of methoxy groups -OCH3 is 2. The van der Waals surface area contributed by atoms with Crippen molar-refractivity contribution in [2.75, 3.05) is 39.2 Å². The van der Waals surface area contributed by atoms with Crippen LogP contribution in [0.25, 0.3) is 11.0 Å². The molecule has 1 saturated heterocycles. The highest BCUT2D eigenvalue weighted by molar-refractivity contribution is 5.92. The monoisotopic (exact) mass is 409 g/mol. The van der Waals surface area contributed by atoms with Crippen molar-refractivity contribution >= 4 is 22.6 Å². The molecule has 0 bridgehead atoms. The number of anilines is 1. The minimum Gasteiger partial charge on any atom is -0.497 e. The molecule has 0 radical (unpaired) electrons. The molecule has 0 saturated carbocycles. The second-order valence-corrected chi connectivity index (χ2v) is 7.68. The molecular weight excluding hydrogens is 382 g/mol. The third kappa shape index (κ3) is 4.38. The van der Waals surface area contributed by atoms with Crippen LogP contribution in [0, 0.1) is 6.92 Å². The lowest BCUT2D eigenvalue weighted by atomic mass is 10.0. The van der Waals surface area contributed by atoms with Crippen LogP contribution < -0.4 is 14.8 Å². The highest BCUT2D eigenvalue weighted by Gasteiger charge is 2.24. The summed E-state index contributed by atoms with van der Waals surface area (Å²) >= 11 is 0. The molecule has 1 amide bonds. The summed E-state index contributed by atoms with van der Waals surface area (Å²) in [5.41, 5.74) is 3.86. The first kappa shape index (κ1) is 20.2. The van der Waals surface area contributed by atoms with Crippen molar-refractivity contribution in [1.29, 1.82) is 0 Å². The van der Waals surface area contributed by atoms with Crippen molar-refractivity contribution in [3.05, 3.63) is 42.0 Å². The van der Waals surface area contributed by atoms with Crippen LogP contribution in [-0.2, 0) is 4.79 Å². The standard InChI is InChI=1S/C22H27N5O3/c1-15-4-5-21-20(10-15)24-25-27(21)17-6-8-26(9-7-17)14-22(28)23-16-11-18(29-2)13-19(12-16)30-3/h4-5,10-13,17H,6-9,14H2,1-3H3,(H,23,28). The Labute approximate surface area is 175 Å². The van der Waals surface area contributed by atoms with E-state index >= 15 is 0 Å². The second kappa shape index (κ2) is 8.71. The van der Waals surface area contributed by atoms with E-state index < -0.39 is 0 Å². The van der Waals surface area contributed by atoms with E-state index in [1.54, 1.807) is 32.4 Å². The Bertz CT molecular complexity index is 1020. The van der Waals surface area contributed by atoms with E-state index in [0.717, 1.165) is 37.0 Å². The molecule has 1 aromatic heterocycles. The molecule has 8 heteroatoms. The summed E-state index contributed by atoms with van der Waals surface area (Å²) < 4.78 is 12.6. The third-order valence-electron chi connectivity index (χ3n) is 5.53. The van der Waals surface area contributed by atoms with E-state index in [1.165, 1.54) is 5.56 Å². The molecule has 2 heterocycles. The number of ether oxygens (including phenoxy) is 2. The van der Waals surface area contributed by atoms with Crippen molar-refractivity contribution in [2.45, 2.75) is 25.8 Å². The Morgan fingerprint density at radius 1 is 1.10 bits per heavy atom. The van der Waals surface area contributed by atoms with E-state index in [2.05, 4.69) is 45.7 Å². The van der Waals surface area contributed by atoms with E-state index in [4.69, 9.17) is 9.47 Å². The van der Waals surface area contributed by atoms with Gasteiger partial charge in [0.25, 0.3) is 0 Å². The van der Waals surface area contributed by atoms with Crippen molar-refractivity contribution in [1.82, 2.24) is 19.9 Å². The summed E-state index contributed by atoms with van der Waals surface area (Å²) in [5.74, 6) is 1.23. The van der Waals surface area contributed by atoms with Gasteiger partial charge in [-0.25, -0.2) is 4.68 Å². The van der Waals surface area contributed by atoms with E-state index in [-0.39, 0.29) is 5.91 Å². The topological polar surface area (TPSA) is 81.5 Å². The minimum atomic E-state index is -0.0505. The van der Waals surface area contributed by atoms with Gasteiger partial charge in [-0.05, 0) is 37.5 Å². The van der Waals surface area contributed by atoms with E-state index in [1.807, 2.05) is 4.68 Å². The molecule has 1 N–H and O–H groups in total. The molecule has 8 nitrogen and oxygen atoms in total. The number of carbonyl (C=O) groups excluding carboxylic acids is 1. The highest BCUT2D eigenvalue weighted by atomic mass is 16.5. The molecule has 158 valence electrons. The fourth-order valence-corrected chi connectivity index (χ4v) is 3.93. The van der Waals surface area contributed by atoms with Crippen LogP contribution in [-0.4, -0.2) is 59.7 Å². The van der Waals surface area contributed by atoms with Crippen LogP contribution in [0.5, 0.6) is 11.5 Å². The molecule has 1 aliphatic rings. The summed E-state index contributed by atoms with van der Waals surface area (Å²) in [7, 11) is 3.17. The van der Waals surface area contributed by atoms with Gasteiger partial charge in [-0.1, -0.05) is 11.3 Å². The number of aryl methyl sites for hydroxylation is 1. The summed E-state index contributed by atoms with van der Waals surface area (Å²) in [4.78, 5) is 14.7. The van der Waals surface area contributed by atoms with Gasteiger partial charge in [-0.15, -0.1) is 5.10 Å². The van der Waals surface area contributed by atoms with E-state index in [0.29, 0.717) is 29.8 Å². The van der Waals surface area contributed by atoms with Gasteiger partial charge in [0.2, 0.25) is 5.91 Å². The molecule has 30 heavy (non-hydrogen) atoms. The van der Waals surface area contributed by atoms with Crippen molar-refractivity contribution in [3.8, 4) is 11.5 Å². The predicted molar refractivity (Wildman–Crippen MR) is 115 cm³/mol. The number of nitrogens with one attached hydrogen (secondary N) is 1. The number of piperidine rings is 1. The Morgan fingerprint density at radius 2 is 1.80 bits per heavy atom. The number of rotatable bonds is 6. The van der Waals surface area contributed by atoms with Crippen LogP contribution in [0.1, 0.15) is 24.4 Å². The number of aromatic nitrogens is 3. The maximum absolute atomic E-state index is 12.5. The average Bonchev–Trinajstić information content (AvgIpc) is 3.16. The van der Waals surface area contributed by atoms with Crippen LogP contribution in [0.15, 0.2) is 36.4 Å². The number of nitrogens with zero attached hydrogens (tertiary/aromatic N) is 4. The molecule has 3 aromatic rings. The lowest BCUT2D eigenvalue weighted by Crippen LogP contribution is -2.39. The molecule has 1 fully saturated rings. The predicted octanol–water partition coefficient (Wildman–Crippen LogP) is 3.03. The van der Waals surface area contributed by atoms with Gasteiger partial charge in [-0.2, -0.15) is 0 Å². The van der Waals surface area contributed by atoms with Crippen LogP contribution in [0.2, 0.25) is 0 Å². The highest BCUT2D eigenvalue weighted by Crippen LogP contribution is 2.27. The first-order valence-electron chi connectivity index (χ1n) is 10.1. The summed E-state index contributed by atoms with van der Waals surface area (Å²) in [5, 5.41) is 11.6. The molecule has 0 unspecified atom stereocenters. The van der Waals surface area contributed by atoms with Gasteiger partial charge in [0.05, 0.1) is 32.3 Å². The van der Waals surface area contributed by atoms with E-state index in [9.17, 15) is 4.79 Å². The summed E-state index contributed by atoms with van der Waals surface area (Å²) in [6, 6.07) is 11.9. The Kier molecular flexibility index (Phi) is 5.85. The fraction of sp³-hybridized carbons (Fsp3) is 0.409. The average molecular weight is 409 g/mol. The number of amides is 1. The zero-order valence-electron chi connectivity index (χ0n) is 17.6. The van der Waals surface area contributed by atoms with Crippen molar-refractivity contribution < 1.29 is 14.3 Å². The molecule has 0 atom stereocenters. The van der Waals surface area contributed by atoms with Crippen LogP contribution in [0.3, 0.4) is 0 Å². The molecule has 1 aliphatic heterocycles. The quantitative estimate of drug-likeness (QED) is 0.674. The summed E-state index contributed by atoms with van der Waals surface area (Å²) in [6.45, 7) is 4.09. The Morgan fingerprint density at radius 3 is 2.47 bits per heavy atom.